The van der Waals surface area contributed by atoms with Crippen LogP contribution in [0, 0.1) is 53.3 Å². The lowest BCUT2D eigenvalue weighted by Crippen LogP contribution is -2.96. The zero-order chi connectivity index (χ0) is 36.6. The Morgan fingerprint density at radius 3 is 2.69 bits per heavy atom. The Hall–Kier alpha value is -2.00. The van der Waals surface area contributed by atoms with E-state index in [1.54, 1.807) is 13.0 Å². The van der Waals surface area contributed by atoms with Gasteiger partial charge >= 0.3 is 5.97 Å². The smallest absolute Gasteiger partial charge is 0.333 e. The minimum Gasteiger partial charge on any atom is -0.456 e. The van der Waals surface area contributed by atoms with Crippen molar-refractivity contribution in [3.8, 4) is 0 Å². The van der Waals surface area contributed by atoms with Crippen molar-refractivity contribution in [1.82, 2.24) is 5.32 Å². The molecule has 2 bridgehead atoms. The number of allylic oxidation sites excluding steroid dienone is 3. The molecule has 8 rings (SSSR count). The lowest BCUT2D eigenvalue weighted by Gasteiger charge is -2.62. The van der Waals surface area contributed by atoms with Crippen molar-refractivity contribution in [2.24, 2.45) is 64.7 Å². The Morgan fingerprint density at radius 1 is 1.13 bits per heavy atom. The molecule has 5 aliphatic heterocycles. The molecule has 0 aromatic rings. The number of Topliss-reactive ketones (excluding diaryl/α,β-unsaturated/α-hetero) is 1. The van der Waals surface area contributed by atoms with Gasteiger partial charge in [0.15, 0.2) is 0 Å². The van der Waals surface area contributed by atoms with Gasteiger partial charge in [-0.05, 0) is 94.7 Å². The first-order valence-corrected chi connectivity index (χ1v) is 20.1. The maximum atomic E-state index is 14.0. The van der Waals surface area contributed by atoms with Gasteiger partial charge in [-0.25, -0.2) is 4.79 Å². The maximum absolute atomic E-state index is 14.0. The van der Waals surface area contributed by atoms with Gasteiger partial charge in [0, 0.05) is 54.6 Å². The summed E-state index contributed by atoms with van der Waals surface area (Å²) in [5.41, 5.74) is 17.2. The lowest BCUT2D eigenvalue weighted by molar-refractivity contribution is -0.706. The summed E-state index contributed by atoms with van der Waals surface area (Å²) in [6.45, 7) is 6.98. The third-order valence-corrected chi connectivity index (χ3v) is 15.1. The SMILES string of the molecule is CC=C(C)C(=O)OC1CC2C(O)C3C(=O)CC(CO)OC3C3C(CCO)C4CCNC(N)C4C4=CCC5=C4C(CC4C[NH2+]C(N)CC4C5)C1(C)OC23. The number of esters is 1. The van der Waals surface area contributed by atoms with Crippen LogP contribution in [0.15, 0.2) is 34.4 Å². The van der Waals surface area contributed by atoms with Crippen LogP contribution in [0.3, 0.4) is 0 Å². The number of carbonyl (C=O) groups excluding carboxylic acids is 2. The summed E-state index contributed by atoms with van der Waals surface area (Å²) in [4.78, 5) is 27.7. The molecule has 17 atom stereocenters. The van der Waals surface area contributed by atoms with Crippen molar-refractivity contribution in [3.05, 3.63) is 34.4 Å². The molecule has 6 fully saturated rings. The highest BCUT2D eigenvalue weighted by atomic mass is 16.6. The molecule has 10 N–H and O–H groups in total. The summed E-state index contributed by atoms with van der Waals surface area (Å²) < 4.78 is 20.9. The number of rotatable bonds is 5. The fourth-order valence-electron chi connectivity index (χ4n) is 12.6. The number of ketones is 1. The van der Waals surface area contributed by atoms with Gasteiger partial charge in [0.1, 0.15) is 23.7 Å². The molecule has 288 valence electrons. The molecule has 5 heterocycles. The average Bonchev–Trinajstić information content (AvgIpc) is 3.44. The Labute approximate surface area is 307 Å². The minimum atomic E-state index is -1.08. The molecule has 0 spiro atoms. The second-order valence-corrected chi connectivity index (χ2v) is 17.6. The molecule has 0 amide bonds. The molecule has 0 aromatic carbocycles. The highest BCUT2D eigenvalue weighted by Crippen LogP contribution is 2.61. The van der Waals surface area contributed by atoms with E-state index >= 15 is 0 Å². The molecule has 52 heavy (non-hydrogen) atoms. The van der Waals surface area contributed by atoms with E-state index < -0.39 is 53.9 Å². The van der Waals surface area contributed by atoms with Gasteiger partial charge in [-0.2, -0.15) is 0 Å². The number of ether oxygens (including phenoxy) is 3. The highest BCUT2D eigenvalue weighted by molar-refractivity contribution is 5.88. The zero-order valence-corrected chi connectivity index (χ0v) is 31.0. The second kappa shape index (κ2) is 14.3. The van der Waals surface area contributed by atoms with Crippen molar-refractivity contribution in [1.29, 1.82) is 0 Å². The molecular formula is C40H61N4O8+. The summed E-state index contributed by atoms with van der Waals surface area (Å²) in [6.07, 6.45) is 5.39. The van der Waals surface area contributed by atoms with E-state index in [-0.39, 0.29) is 67.3 Å². The quantitative estimate of drug-likeness (QED) is 0.153. The van der Waals surface area contributed by atoms with Gasteiger partial charge in [0.05, 0.1) is 49.7 Å². The lowest BCUT2D eigenvalue weighted by atomic mass is 9.53. The Kier molecular flexibility index (Phi) is 10.1. The van der Waals surface area contributed by atoms with Crippen molar-refractivity contribution >= 4 is 11.8 Å². The Morgan fingerprint density at radius 2 is 1.94 bits per heavy atom. The van der Waals surface area contributed by atoms with E-state index in [0.29, 0.717) is 30.3 Å². The van der Waals surface area contributed by atoms with Gasteiger partial charge in [-0.3, -0.25) is 10.5 Å². The van der Waals surface area contributed by atoms with E-state index in [4.69, 9.17) is 25.7 Å². The van der Waals surface area contributed by atoms with Gasteiger partial charge in [-0.15, -0.1) is 0 Å². The van der Waals surface area contributed by atoms with Crippen LogP contribution >= 0.6 is 0 Å². The standard InChI is InChI=1S/C40H60N4O8/c1-4-18(2)39(49)51-29-15-26-35(48)34-28(47)14-22(17-46)50-37(34)33-24(8-10-45)23-7-9-43-38(42)32(23)25-6-5-19-11-20-13-30(41)44-16-21(20)12-27(31(19)25)40(29,3)52-36(26)33/h4,6,20-24,26-27,29-30,32-38,43-46,48H,5,7-17,41-42H2,1-3H3/p+1. The molecule has 5 saturated heterocycles. The van der Waals surface area contributed by atoms with E-state index in [1.165, 1.54) is 16.7 Å². The average molecular weight is 726 g/mol. The summed E-state index contributed by atoms with van der Waals surface area (Å²) in [6, 6.07) is 0. The summed E-state index contributed by atoms with van der Waals surface area (Å²) in [5, 5.41) is 39.2. The summed E-state index contributed by atoms with van der Waals surface area (Å²) >= 11 is 0. The number of piperidine rings is 2. The molecule has 12 heteroatoms. The van der Waals surface area contributed by atoms with Crippen LogP contribution in [-0.2, 0) is 23.8 Å². The van der Waals surface area contributed by atoms with Gasteiger partial charge in [0.2, 0.25) is 0 Å². The number of hydrogen-bond donors (Lipinski definition) is 7. The first kappa shape index (κ1) is 36.9. The minimum absolute atomic E-state index is 0.0247. The van der Waals surface area contributed by atoms with Crippen LogP contribution in [0.4, 0.5) is 0 Å². The third-order valence-electron chi connectivity index (χ3n) is 15.1. The molecule has 1 saturated carbocycles. The molecular weight excluding hydrogens is 664 g/mol. The number of nitrogens with two attached hydrogens (primary N) is 3. The van der Waals surface area contributed by atoms with Gasteiger partial charge in [0.25, 0.3) is 0 Å². The predicted octanol–water partition coefficient (Wildman–Crippen LogP) is 0.398. The van der Waals surface area contributed by atoms with Crippen LogP contribution < -0.4 is 22.1 Å². The highest BCUT2D eigenvalue weighted by Gasteiger charge is 2.66. The van der Waals surface area contributed by atoms with E-state index in [0.717, 1.165) is 45.2 Å². The topological polar surface area (TPSA) is 203 Å². The predicted molar refractivity (Wildman–Crippen MR) is 191 cm³/mol. The number of fused-ring (bicyclic) bond motifs is 7. The molecule has 3 aliphatic carbocycles. The molecule has 12 nitrogen and oxygen atoms in total. The van der Waals surface area contributed by atoms with E-state index in [2.05, 4.69) is 23.6 Å². The normalized spacial score (nSPS) is 48.7. The third kappa shape index (κ3) is 5.91. The first-order valence-electron chi connectivity index (χ1n) is 20.1. The Balaban J connectivity index is 1.34. The fraction of sp³-hybridized carbons (Fsp3) is 0.800. The van der Waals surface area contributed by atoms with Crippen LogP contribution in [0.1, 0.15) is 72.1 Å². The summed E-state index contributed by atoms with van der Waals surface area (Å²) in [5.74, 6) is -1.74. The number of aliphatic hydroxyl groups excluding tert-OH is 3. The monoisotopic (exact) mass is 725 g/mol. The van der Waals surface area contributed by atoms with Crippen molar-refractivity contribution in [2.75, 3.05) is 26.3 Å². The molecule has 8 aliphatic rings. The molecule has 17 unspecified atom stereocenters. The number of hydrogen-bond acceptors (Lipinski definition) is 11. The van der Waals surface area contributed by atoms with Gasteiger partial charge < -0.3 is 45.9 Å². The number of nitrogens with one attached hydrogen (secondary N) is 1. The second-order valence-electron chi connectivity index (χ2n) is 17.6. The molecule has 0 radical (unpaired) electrons. The van der Waals surface area contributed by atoms with Crippen LogP contribution in [0.5, 0.6) is 0 Å². The fourth-order valence-corrected chi connectivity index (χ4v) is 12.6. The van der Waals surface area contributed by atoms with Crippen molar-refractivity contribution in [3.63, 3.8) is 0 Å². The van der Waals surface area contributed by atoms with Crippen LogP contribution in [0.2, 0.25) is 0 Å². The summed E-state index contributed by atoms with van der Waals surface area (Å²) in [7, 11) is 0. The van der Waals surface area contributed by atoms with E-state index in [1.807, 2.05) is 6.92 Å². The largest absolute Gasteiger partial charge is 0.456 e. The Bertz CT molecular complexity index is 1520. The zero-order valence-electron chi connectivity index (χ0n) is 31.0. The number of carbonyl (C=O) groups is 2. The number of aliphatic hydroxyl groups is 3. The molecule has 0 aromatic heterocycles. The maximum Gasteiger partial charge on any atom is 0.333 e. The first-order chi connectivity index (χ1) is 25.0. The van der Waals surface area contributed by atoms with Crippen LogP contribution in [-0.4, -0.2) is 102 Å². The number of quaternary nitrogens is 1. The van der Waals surface area contributed by atoms with E-state index in [9.17, 15) is 24.9 Å². The van der Waals surface area contributed by atoms with Crippen LogP contribution in [0.25, 0.3) is 0 Å². The van der Waals surface area contributed by atoms with Crippen molar-refractivity contribution < 1.29 is 44.4 Å². The van der Waals surface area contributed by atoms with Crippen molar-refractivity contribution in [2.45, 2.75) is 121 Å². The van der Waals surface area contributed by atoms with Gasteiger partial charge in [-0.1, -0.05) is 17.7 Å².